The van der Waals surface area contributed by atoms with E-state index in [4.69, 9.17) is 9.15 Å². The van der Waals surface area contributed by atoms with Gasteiger partial charge < -0.3 is 19.0 Å². The van der Waals surface area contributed by atoms with Gasteiger partial charge in [-0.25, -0.2) is 4.79 Å². The average molecular weight is 477 g/mol. The minimum absolute atomic E-state index is 0.0203. The van der Waals surface area contributed by atoms with Crippen LogP contribution in [0.5, 0.6) is 5.75 Å². The van der Waals surface area contributed by atoms with Crippen LogP contribution in [0.15, 0.2) is 57.7 Å². The lowest BCUT2D eigenvalue weighted by Crippen LogP contribution is -2.54. The highest BCUT2D eigenvalue weighted by atomic mass is 16.5. The third-order valence-electron chi connectivity index (χ3n) is 7.03. The van der Waals surface area contributed by atoms with Crippen LogP contribution in [0.2, 0.25) is 0 Å². The second kappa shape index (κ2) is 9.94. The van der Waals surface area contributed by atoms with Gasteiger partial charge in [-0.3, -0.25) is 9.59 Å². The Hall–Kier alpha value is -3.61. The minimum Gasteiger partial charge on any atom is -0.497 e. The Morgan fingerprint density at radius 2 is 1.66 bits per heavy atom. The molecule has 0 spiro atoms. The van der Waals surface area contributed by atoms with Crippen LogP contribution in [-0.2, 0) is 21.4 Å². The Bertz CT molecular complexity index is 1290. The summed E-state index contributed by atoms with van der Waals surface area (Å²) in [6.45, 7) is 7.73. The maximum atomic E-state index is 13.2. The number of fused-ring (bicyclic) bond motifs is 1. The number of piperazine rings is 1. The summed E-state index contributed by atoms with van der Waals surface area (Å²) in [5, 5.41) is 0.834. The first-order valence-electron chi connectivity index (χ1n) is 12.0. The van der Waals surface area contributed by atoms with Crippen LogP contribution >= 0.6 is 0 Å². The Labute approximate surface area is 205 Å². The van der Waals surface area contributed by atoms with Gasteiger partial charge in [-0.15, -0.1) is 0 Å². The van der Waals surface area contributed by atoms with E-state index in [1.165, 1.54) is 0 Å². The second-order valence-corrected chi connectivity index (χ2v) is 9.52. The number of hydrogen-bond acceptors (Lipinski definition) is 5. The van der Waals surface area contributed by atoms with Crippen molar-refractivity contribution in [3.05, 3.63) is 75.6 Å². The van der Waals surface area contributed by atoms with Crippen LogP contribution in [0, 0.1) is 6.92 Å². The molecule has 4 rings (SSSR count). The molecule has 1 aliphatic rings. The number of benzene rings is 2. The van der Waals surface area contributed by atoms with Crippen LogP contribution in [0.1, 0.15) is 37.0 Å². The van der Waals surface area contributed by atoms with E-state index < -0.39 is 11.0 Å². The summed E-state index contributed by atoms with van der Waals surface area (Å²) in [5.74, 6) is 0.664. The first kappa shape index (κ1) is 24.5. The summed E-state index contributed by atoms with van der Waals surface area (Å²) in [5.41, 5.74) is 1.75. The zero-order valence-corrected chi connectivity index (χ0v) is 20.8. The predicted octanol–water partition coefficient (Wildman–Crippen LogP) is 3.69. The van der Waals surface area contributed by atoms with Gasteiger partial charge >= 0.3 is 5.63 Å². The lowest BCUT2D eigenvalue weighted by molar-refractivity contribution is -0.142. The molecule has 1 fully saturated rings. The first-order valence-corrected chi connectivity index (χ1v) is 12.0. The molecule has 7 nitrogen and oxygen atoms in total. The van der Waals surface area contributed by atoms with Gasteiger partial charge in [-0.1, -0.05) is 30.3 Å². The van der Waals surface area contributed by atoms with Crippen LogP contribution < -0.4 is 10.4 Å². The number of aryl methyl sites for hydroxylation is 1. The van der Waals surface area contributed by atoms with E-state index in [9.17, 15) is 14.4 Å². The highest BCUT2D eigenvalue weighted by Gasteiger charge is 2.35. The molecule has 0 N–H and O–H groups in total. The largest absolute Gasteiger partial charge is 0.497 e. The van der Waals surface area contributed by atoms with Crippen LogP contribution in [0.25, 0.3) is 11.0 Å². The fourth-order valence-electron chi connectivity index (χ4n) is 4.71. The smallest absolute Gasteiger partial charge is 0.339 e. The summed E-state index contributed by atoms with van der Waals surface area (Å²) in [6, 6.07) is 15.1. The van der Waals surface area contributed by atoms with Crippen molar-refractivity contribution in [1.29, 1.82) is 0 Å². The lowest BCUT2D eigenvalue weighted by atomic mass is 9.83. The molecule has 2 heterocycles. The van der Waals surface area contributed by atoms with E-state index in [2.05, 4.69) is 0 Å². The number of nitrogens with zero attached hydrogens (tertiary/aromatic N) is 2. The van der Waals surface area contributed by atoms with E-state index in [-0.39, 0.29) is 18.2 Å². The predicted molar refractivity (Wildman–Crippen MR) is 135 cm³/mol. The van der Waals surface area contributed by atoms with Crippen LogP contribution in [0.4, 0.5) is 0 Å². The molecule has 0 radical (unpaired) electrons. The highest BCUT2D eigenvalue weighted by molar-refractivity contribution is 5.88. The molecule has 7 heteroatoms. The van der Waals surface area contributed by atoms with Crippen molar-refractivity contribution in [1.82, 2.24) is 9.80 Å². The summed E-state index contributed by atoms with van der Waals surface area (Å²) < 4.78 is 10.7. The van der Waals surface area contributed by atoms with Gasteiger partial charge in [0.2, 0.25) is 11.8 Å². The maximum absolute atomic E-state index is 13.2. The molecule has 1 aromatic heterocycles. The summed E-state index contributed by atoms with van der Waals surface area (Å²) in [7, 11) is 1.56. The fourth-order valence-corrected chi connectivity index (χ4v) is 4.71. The lowest BCUT2D eigenvalue weighted by Gasteiger charge is -2.39. The zero-order chi connectivity index (χ0) is 25.2. The number of ether oxygens (including phenoxy) is 1. The Morgan fingerprint density at radius 1 is 1.00 bits per heavy atom. The van der Waals surface area contributed by atoms with E-state index in [0.717, 1.165) is 16.5 Å². The molecule has 3 aromatic rings. The van der Waals surface area contributed by atoms with E-state index in [1.807, 2.05) is 68.1 Å². The van der Waals surface area contributed by atoms with Crippen LogP contribution in [-0.4, -0.2) is 54.9 Å². The fraction of sp³-hybridized carbons (Fsp3) is 0.393. The summed E-state index contributed by atoms with van der Waals surface area (Å²) >= 11 is 0. The van der Waals surface area contributed by atoms with Gasteiger partial charge in [0, 0.05) is 49.6 Å². The van der Waals surface area contributed by atoms with Crippen molar-refractivity contribution in [2.75, 3.05) is 33.3 Å². The summed E-state index contributed by atoms with van der Waals surface area (Å²) in [4.78, 5) is 42.3. The molecule has 1 aliphatic heterocycles. The Morgan fingerprint density at radius 3 is 2.31 bits per heavy atom. The van der Waals surface area contributed by atoms with Crippen molar-refractivity contribution in [2.24, 2.45) is 0 Å². The maximum Gasteiger partial charge on any atom is 0.339 e. The molecule has 0 atom stereocenters. The zero-order valence-electron chi connectivity index (χ0n) is 20.8. The Kier molecular flexibility index (Phi) is 6.96. The van der Waals surface area contributed by atoms with E-state index >= 15 is 0 Å². The number of carbonyl (C=O) groups excluding carboxylic acids is 2. The third kappa shape index (κ3) is 4.94. The molecule has 2 amide bonds. The number of carbonyl (C=O) groups is 2. The topological polar surface area (TPSA) is 80.1 Å². The highest BCUT2D eigenvalue weighted by Crippen LogP contribution is 2.27. The van der Waals surface area contributed by atoms with Crippen LogP contribution in [0.3, 0.4) is 0 Å². The first-order chi connectivity index (χ1) is 16.7. The molecule has 0 saturated carbocycles. The molecule has 2 aromatic carbocycles. The van der Waals surface area contributed by atoms with Gasteiger partial charge in [0.25, 0.3) is 0 Å². The Balaban J connectivity index is 1.37. The van der Waals surface area contributed by atoms with E-state index in [0.29, 0.717) is 49.5 Å². The second-order valence-electron chi connectivity index (χ2n) is 9.52. The van der Waals surface area contributed by atoms with Gasteiger partial charge in [0.05, 0.1) is 12.5 Å². The van der Waals surface area contributed by atoms with Crippen molar-refractivity contribution in [2.45, 2.75) is 39.0 Å². The summed E-state index contributed by atoms with van der Waals surface area (Å²) in [6.07, 6.45) is 0.534. The minimum atomic E-state index is -0.626. The number of rotatable bonds is 6. The van der Waals surface area contributed by atoms with Gasteiger partial charge in [0.15, 0.2) is 0 Å². The molecule has 184 valence electrons. The van der Waals surface area contributed by atoms with Gasteiger partial charge in [-0.05, 0) is 50.5 Å². The quantitative estimate of drug-likeness (QED) is 0.507. The number of amides is 2. The van der Waals surface area contributed by atoms with Crippen molar-refractivity contribution in [3.8, 4) is 5.75 Å². The van der Waals surface area contributed by atoms with Gasteiger partial charge in [-0.2, -0.15) is 0 Å². The monoisotopic (exact) mass is 476 g/mol. The van der Waals surface area contributed by atoms with Crippen molar-refractivity contribution in [3.63, 3.8) is 0 Å². The van der Waals surface area contributed by atoms with Gasteiger partial charge in [0.1, 0.15) is 11.3 Å². The molecular formula is C28H32N2O5. The normalized spacial score (nSPS) is 14.3. The number of hydrogen-bond donors (Lipinski definition) is 0. The molecule has 0 bridgehead atoms. The average Bonchev–Trinajstić information content (AvgIpc) is 2.88. The van der Waals surface area contributed by atoms with Crippen molar-refractivity contribution >= 4 is 22.8 Å². The number of methoxy groups -OCH3 is 1. The SMILES string of the molecule is COc1ccc2c(C)c(CCC(=O)N3CCN(C(=O)C(C)(C)c4ccccc4)CC3)c(=O)oc2c1. The molecule has 1 saturated heterocycles. The molecular weight excluding hydrogens is 444 g/mol. The molecule has 0 aliphatic carbocycles. The standard InChI is InChI=1S/C28H32N2O5/c1-19-22-11-10-21(34-4)18-24(22)35-26(32)23(19)12-13-25(31)29-14-16-30(17-15-29)27(33)28(2,3)20-8-6-5-7-9-20/h5-11,18H,12-17H2,1-4H3. The van der Waals surface area contributed by atoms with Crippen molar-refractivity contribution < 1.29 is 18.7 Å². The molecule has 35 heavy (non-hydrogen) atoms. The molecule has 0 unspecified atom stereocenters. The third-order valence-corrected chi connectivity index (χ3v) is 7.03. The van der Waals surface area contributed by atoms with E-state index in [1.54, 1.807) is 18.1 Å².